The van der Waals surface area contributed by atoms with Gasteiger partial charge in [-0.15, -0.1) is 6.42 Å². The van der Waals surface area contributed by atoms with Crippen molar-refractivity contribution >= 4 is 5.57 Å². The van der Waals surface area contributed by atoms with E-state index >= 15 is 0 Å². The van der Waals surface area contributed by atoms with Crippen molar-refractivity contribution in [2.24, 2.45) is 0 Å². The quantitative estimate of drug-likeness (QED) is 0.689. The molecule has 0 atom stereocenters. The molecule has 0 saturated carbocycles. The molecule has 3 heteroatoms. The van der Waals surface area contributed by atoms with Crippen LogP contribution in [-0.2, 0) is 6.61 Å². The molecular formula is C21H23NO2. The molecule has 124 valence electrons. The molecule has 0 radical (unpaired) electrons. The summed E-state index contributed by atoms with van der Waals surface area (Å²) in [6.45, 7) is 5.99. The molecule has 0 aliphatic carbocycles. The SMILES string of the molecule is C#CCN(C)CC(=C)c1cccc(OCc2ccc(OC)cc2)c1. The zero-order chi connectivity index (χ0) is 17.4. The average Bonchev–Trinajstić information content (AvgIpc) is 2.61. The molecule has 0 aliphatic heterocycles. The summed E-state index contributed by atoms with van der Waals surface area (Å²) in [5.74, 6) is 4.30. The van der Waals surface area contributed by atoms with Gasteiger partial charge in [-0.3, -0.25) is 4.90 Å². The van der Waals surface area contributed by atoms with Gasteiger partial charge in [-0.25, -0.2) is 0 Å². The highest BCUT2D eigenvalue weighted by molar-refractivity contribution is 5.65. The Morgan fingerprint density at radius 2 is 1.92 bits per heavy atom. The Labute approximate surface area is 144 Å². The molecule has 0 N–H and O–H groups in total. The highest BCUT2D eigenvalue weighted by Crippen LogP contribution is 2.21. The van der Waals surface area contributed by atoms with E-state index in [-0.39, 0.29) is 0 Å². The van der Waals surface area contributed by atoms with Gasteiger partial charge < -0.3 is 9.47 Å². The first kappa shape index (κ1) is 17.7. The fourth-order valence-electron chi connectivity index (χ4n) is 2.32. The third kappa shape index (κ3) is 5.19. The topological polar surface area (TPSA) is 21.7 Å². The van der Waals surface area contributed by atoms with Crippen molar-refractivity contribution in [3.63, 3.8) is 0 Å². The summed E-state index contributed by atoms with van der Waals surface area (Å²) in [7, 11) is 3.64. The van der Waals surface area contributed by atoms with Gasteiger partial charge in [-0.1, -0.05) is 36.8 Å². The summed E-state index contributed by atoms with van der Waals surface area (Å²) in [5, 5.41) is 0. The first-order chi connectivity index (χ1) is 11.6. The lowest BCUT2D eigenvalue weighted by atomic mass is 10.1. The Morgan fingerprint density at radius 1 is 1.17 bits per heavy atom. The predicted molar refractivity (Wildman–Crippen MR) is 99.1 cm³/mol. The van der Waals surface area contributed by atoms with Crippen molar-refractivity contribution in [3.05, 3.63) is 66.2 Å². The van der Waals surface area contributed by atoms with E-state index in [2.05, 4.69) is 12.5 Å². The first-order valence-corrected chi connectivity index (χ1v) is 7.78. The highest BCUT2D eigenvalue weighted by atomic mass is 16.5. The molecule has 2 aromatic rings. The molecule has 0 saturated heterocycles. The van der Waals surface area contributed by atoms with E-state index in [0.29, 0.717) is 13.2 Å². The Hall–Kier alpha value is -2.70. The maximum Gasteiger partial charge on any atom is 0.120 e. The minimum Gasteiger partial charge on any atom is -0.497 e. The van der Waals surface area contributed by atoms with Crippen molar-refractivity contribution in [1.29, 1.82) is 0 Å². The number of terminal acetylenes is 1. The molecule has 2 rings (SSSR count). The normalized spacial score (nSPS) is 10.2. The maximum atomic E-state index is 5.88. The Kier molecular flexibility index (Phi) is 6.48. The van der Waals surface area contributed by atoms with Crippen LogP contribution < -0.4 is 9.47 Å². The minimum absolute atomic E-state index is 0.511. The molecule has 24 heavy (non-hydrogen) atoms. The molecule has 2 aromatic carbocycles. The summed E-state index contributed by atoms with van der Waals surface area (Å²) in [4.78, 5) is 2.05. The molecule has 0 aliphatic rings. The lowest BCUT2D eigenvalue weighted by Crippen LogP contribution is -2.20. The number of nitrogens with zero attached hydrogens (tertiary/aromatic N) is 1. The lowest BCUT2D eigenvalue weighted by Gasteiger charge is -2.16. The molecule has 0 heterocycles. The Balaban J connectivity index is 1.96. The van der Waals surface area contributed by atoms with Crippen LogP contribution in [0.2, 0.25) is 0 Å². The Morgan fingerprint density at radius 3 is 2.58 bits per heavy atom. The van der Waals surface area contributed by atoms with Crippen molar-refractivity contribution < 1.29 is 9.47 Å². The standard InChI is InChI=1S/C21H23NO2/c1-5-13-22(3)15-17(2)19-7-6-8-21(14-19)24-16-18-9-11-20(23-4)12-10-18/h1,6-12,14H,2,13,15-16H2,3-4H3. The van der Waals surface area contributed by atoms with Gasteiger partial charge in [0.15, 0.2) is 0 Å². The average molecular weight is 321 g/mol. The van der Waals surface area contributed by atoms with Crippen LogP contribution in [0.5, 0.6) is 11.5 Å². The van der Waals surface area contributed by atoms with E-state index in [4.69, 9.17) is 15.9 Å². The molecule has 0 fully saturated rings. The van der Waals surface area contributed by atoms with Crippen LogP contribution in [0.3, 0.4) is 0 Å². The zero-order valence-corrected chi connectivity index (χ0v) is 14.3. The molecule has 3 nitrogen and oxygen atoms in total. The largest absolute Gasteiger partial charge is 0.497 e. The second-order valence-corrected chi connectivity index (χ2v) is 5.64. The first-order valence-electron chi connectivity index (χ1n) is 7.78. The van der Waals surface area contributed by atoms with Crippen molar-refractivity contribution in [3.8, 4) is 23.8 Å². The van der Waals surface area contributed by atoms with Gasteiger partial charge in [0.2, 0.25) is 0 Å². The molecule has 0 spiro atoms. The van der Waals surface area contributed by atoms with Crippen LogP contribution in [0.25, 0.3) is 5.57 Å². The molecule has 0 bridgehead atoms. The molecule has 0 unspecified atom stereocenters. The number of ether oxygens (including phenoxy) is 2. The van der Waals surface area contributed by atoms with E-state index in [0.717, 1.165) is 34.7 Å². The van der Waals surface area contributed by atoms with Crippen LogP contribution in [0.15, 0.2) is 55.1 Å². The van der Waals surface area contributed by atoms with Crippen LogP contribution >= 0.6 is 0 Å². The maximum absolute atomic E-state index is 5.88. The van der Waals surface area contributed by atoms with Gasteiger partial charge in [-0.05, 0) is 48.0 Å². The lowest BCUT2D eigenvalue weighted by molar-refractivity contribution is 0.306. The van der Waals surface area contributed by atoms with Crippen LogP contribution in [0.1, 0.15) is 11.1 Å². The minimum atomic E-state index is 0.511. The van der Waals surface area contributed by atoms with Gasteiger partial charge in [-0.2, -0.15) is 0 Å². The van der Waals surface area contributed by atoms with E-state index in [1.54, 1.807) is 7.11 Å². The smallest absolute Gasteiger partial charge is 0.120 e. The molecule has 0 aromatic heterocycles. The van der Waals surface area contributed by atoms with Crippen LogP contribution in [0.4, 0.5) is 0 Å². The van der Waals surface area contributed by atoms with Crippen molar-refractivity contribution in [2.45, 2.75) is 6.61 Å². The number of rotatable bonds is 8. The van der Waals surface area contributed by atoms with E-state index < -0.39 is 0 Å². The van der Waals surface area contributed by atoms with E-state index in [9.17, 15) is 0 Å². The number of methoxy groups -OCH3 is 1. The van der Waals surface area contributed by atoms with Gasteiger partial charge in [0.1, 0.15) is 18.1 Å². The van der Waals surface area contributed by atoms with E-state index in [1.807, 2.05) is 60.5 Å². The number of benzene rings is 2. The monoisotopic (exact) mass is 321 g/mol. The highest BCUT2D eigenvalue weighted by Gasteiger charge is 2.05. The van der Waals surface area contributed by atoms with Gasteiger partial charge in [0, 0.05) is 6.54 Å². The third-order valence-corrected chi connectivity index (χ3v) is 3.63. The van der Waals surface area contributed by atoms with Crippen LogP contribution in [-0.4, -0.2) is 32.1 Å². The fourth-order valence-corrected chi connectivity index (χ4v) is 2.32. The van der Waals surface area contributed by atoms with Gasteiger partial charge in [0.25, 0.3) is 0 Å². The summed E-state index contributed by atoms with van der Waals surface area (Å²) in [5.41, 5.74) is 3.17. The van der Waals surface area contributed by atoms with Crippen LogP contribution in [0, 0.1) is 12.3 Å². The second kappa shape index (κ2) is 8.81. The summed E-state index contributed by atoms with van der Waals surface area (Å²) < 4.78 is 11.0. The third-order valence-electron chi connectivity index (χ3n) is 3.63. The summed E-state index contributed by atoms with van der Waals surface area (Å²) in [6.07, 6.45) is 5.33. The van der Waals surface area contributed by atoms with Crippen molar-refractivity contribution in [2.75, 3.05) is 27.2 Å². The van der Waals surface area contributed by atoms with Crippen molar-refractivity contribution in [1.82, 2.24) is 4.90 Å². The molecule has 0 amide bonds. The number of likely N-dealkylation sites (N-methyl/N-ethyl adjacent to an activating group) is 1. The number of hydrogen-bond acceptors (Lipinski definition) is 3. The van der Waals surface area contributed by atoms with E-state index in [1.165, 1.54) is 0 Å². The van der Waals surface area contributed by atoms with Gasteiger partial charge in [0.05, 0.1) is 13.7 Å². The summed E-state index contributed by atoms with van der Waals surface area (Å²) in [6, 6.07) is 15.8. The zero-order valence-electron chi connectivity index (χ0n) is 14.3. The predicted octanol–water partition coefficient (Wildman–Crippen LogP) is 3.85. The molecular weight excluding hydrogens is 298 g/mol. The van der Waals surface area contributed by atoms with Gasteiger partial charge >= 0.3 is 0 Å². The summed E-state index contributed by atoms with van der Waals surface area (Å²) >= 11 is 0. The number of hydrogen-bond donors (Lipinski definition) is 0. The Bertz CT molecular complexity index is 713. The second-order valence-electron chi connectivity index (χ2n) is 5.64. The fraction of sp³-hybridized carbons (Fsp3) is 0.238.